The third-order valence-electron chi connectivity index (χ3n) is 18.7. The summed E-state index contributed by atoms with van der Waals surface area (Å²) in [7, 11) is -9.36. The topological polar surface area (TPSA) is 331 Å². The summed E-state index contributed by atoms with van der Waals surface area (Å²) in [4.78, 5) is 23.8. The number of hydrogen-bond acceptors (Lipinski definition) is 17. The van der Waals surface area contributed by atoms with Gasteiger partial charge in [-0.05, 0) is 167 Å². The lowest BCUT2D eigenvalue weighted by molar-refractivity contribution is -0.138. The Morgan fingerprint density at radius 1 is 0.674 bits per heavy atom. The number of fused-ring (bicyclic) bond motifs is 2. The number of aliphatic hydroxyl groups is 2. The molecule has 25 heteroatoms. The van der Waals surface area contributed by atoms with Crippen LogP contribution in [0.1, 0.15) is 230 Å². The third kappa shape index (κ3) is 30.7. The van der Waals surface area contributed by atoms with E-state index in [1.165, 1.54) is 49.8 Å². The molecular weight excluding hydrogens is 1170 g/mol. The molecule has 3 heterocycles. The maximum atomic E-state index is 12.3. The molecule has 0 unspecified atom stereocenters. The lowest BCUT2D eigenvalue weighted by Gasteiger charge is -2.36. The van der Waals surface area contributed by atoms with Crippen molar-refractivity contribution in [1.29, 1.82) is 10.5 Å². The van der Waals surface area contributed by atoms with E-state index >= 15 is 0 Å². The lowest BCUT2D eigenvalue weighted by atomic mass is 10.0. The Kier molecular flexibility index (Phi) is 31.5. The minimum atomic E-state index is -4.76. The molecule has 1 aromatic heterocycles. The van der Waals surface area contributed by atoms with Gasteiger partial charge in [0.05, 0.1) is 44.0 Å². The molecule has 0 aromatic carbocycles. The number of carboxylic acid groups (broad SMARTS) is 1. The molecule has 1 aromatic rings. The zero-order valence-corrected chi connectivity index (χ0v) is 60.9. The molecule has 2 bridgehead atoms. The van der Waals surface area contributed by atoms with Gasteiger partial charge in [0.2, 0.25) is 11.8 Å². The van der Waals surface area contributed by atoms with Crippen LogP contribution >= 0.6 is 0 Å². The quantitative estimate of drug-likeness (QED) is 0.0378. The number of hydrogen-bond donors (Lipinski definition) is 6. The van der Waals surface area contributed by atoms with Crippen LogP contribution in [0.5, 0.6) is 0 Å². The first-order valence-corrected chi connectivity index (χ1v) is 41.5. The van der Waals surface area contributed by atoms with Gasteiger partial charge < -0.3 is 49.4 Å². The molecule has 2 atom stereocenters. The lowest BCUT2D eigenvalue weighted by Crippen LogP contribution is -2.41. The number of nitrogens with zero attached hydrogens (tertiary/aromatic N) is 6. The van der Waals surface area contributed by atoms with E-state index in [0.717, 1.165) is 51.7 Å². The number of hydroxylamine groups is 2. The molecule has 2 saturated heterocycles. The van der Waals surface area contributed by atoms with Crippen molar-refractivity contribution in [2.24, 2.45) is 27.7 Å². The number of piperidine rings is 1. The number of carboxylic acids is 1. The van der Waals surface area contributed by atoms with Gasteiger partial charge in [0.25, 0.3) is 0 Å². The number of nitrogens with two attached hydrogens (primary N) is 2. The molecule has 5 saturated carbocycles. The number of aliphatic hydroxyl groups excluding tert-OH is 2. The summed E-state index contributed by atoms with van der Waals surface area (Å²) in [6.07, 6.45) is 17.8. The Balaban J connectivity index is 0.000000527. The van der Waals surface area contributed by atoms with E-state index in [0.29, 0.717) is 83.1 Å². The van der Waals surface area contributed by atoms with Gasteiger partial charge >= 0.3 is 22.4 Å². The fourth-order valence-corrected chi connectivity index (χ4v) is 11.2. The first-order valence-electron chi connectivity index (χ1n) is 31.4. The molecule has 8 N–H and O–H groups in total. The van der Waals surface area contributed by atoms with Crippen molar-refractivity contribution in [1.82, 2.24) is 20.2 Å². The third-order valence-corrected chi connectivity index (χ3v) is 32.7. The number of carbonyl (C=O) groups is 2. The average molecular weight is 1290 g/mol. The van der Waals surface area contributed by atoms with Gasteiger partial charge in [-0.3, -0.25) is 9.35 Å². The van der Waals surface area contributed by atoms with E-state index in [1.54, 1.807) is 6.07 Å². The van der Waals surface area contributed by atoms with Crippen molar-refractivity contribution >= 4 is 47.4 Å². The number of nitriles is 2. The van der Waals surface area contributed by atoms with Crippen LogP contribution in [-0.2, 0) is 39.2 Å². The fourth-order valence-electron chi connectivity index (χ4n) is 7.68. The fraction of sp³-hybridized carbons (Fsp3) is 0.902. The van der Waals surface area contributed by atoms with Crippen LogP contribution in [0.25, 0.3) is 0 Å². The zero-order chi connectivity index (χ0) is 66.7. The van der Waals surface area contributed by atoms with Crippen LogP contribution in [-0.4, -0.2) is 142 Å². The van der Waals surface area contributed by atoms with Crippen molar-refractivity contribution in [3.05, 3.63) is 11.8 Å². The van der Waals surface area contributed by atoms with E-state index < -0.39 is 59.4 Å². The van der Waals surface area contributed by atoms with Crippen LogP contribution in [0.2, 0.25) is 54.4 Å². The van der Waals surface area contributed by atoms with Crippen molar-refractivity contribution in [2.45, 2.75) is 296 Å². The highest BCUT2D eigenvalue weighted by atomic mass is 32.3. The Morgan fingerprint density at radius 3 is 1.44 bits per heavy atom. The zero-order valence-electron chi connectivity index (χ0n) is 57.0. The number of rotatable bonds is 21. The molecule has 5 aliphatic carbocycles. The minimum Gasteiger partial charge on any atom is -0.481 e. The monoisotopic (exact) mass is 1290 g/mol. The average Bonchev–Trinajstić information content (AvgIpc) is 4.42. The van der Waals surface area contributed by atoms with E-state index in [2.05, 4.69) is 136 Å². The number of aliphatic carboxylic acids is 1. The van der Waals surface area contributed by atoms with Gasteiger partial charge in [-0.25, -0.2) is 4.79 Å². The van der Waals surface area contributed by atoms with E-state index in [9.17, 15) is 18.0 Å². The van der Waals surface area contributed by atoms with Gasteiger partial charge in [0, 0.05) is 50.5 Å². The molecule has 500 valence electrons. The first kappa shape index (κ1) is 81.1. The molecule has 2 amide bonds. The largest absolute Gasteiger partial charge is 0.481 e. The highest BCUT2D eigenvalue weighted by Gasteiger charge is 2.50. The SMILES string of the molecule is CC.CC(C)(C)[Si](C)(C)OCCC#N.CC(C)(C)[Si](C)(C)OCCC1(N)CC1.CC1(CC(=O)O)CC1.CC1(CCO)CC1.CC1(CCO[Si](C)(C)C(C)(C)C)CC1.N#CCCO.NC1(Cc2nnc([C@@H]3CC[C@@H]4CN3C(=O)N4OS(=O)(=O)O)o2)CC1. The van der Waals surface area contributed by atoms with Crippen LogP contribution in [0, 0.1) is 38.9 Å². The van der Waals surface area contributed by atoms with Crippen molar-refractivity contribution in [2.75, 3.05) is 39.6 Å². The van der Waals surface area contributed by atoms with Crippen LogP contribution < -0.4 is 11.5 Å². The molecular formula is C61H120N8O13SSi3. The summed E-state index contributed by atoms with van der Waals surface area (Å²) in [6, 6.07) is 2.31. The highest BCUT2D eigenvalue weighted by molar-refractivity contribution is 7.80. The van der Waals surface area contributed by atoms with Gasteiger partial charge in [-0.1, -0.05) is 96.9 Å². The molecule has 0 radical (unpaired) electrons. The van der Waals surface area contributed by atoms with Crippen molar-refractivity contribution in [3.8, 4) is 12.1 Å². The standard InChI is InChI=1S/C12H17N5O6S.C12H26OSi.C11H25NOSi.C9H19NOSi.C6H10O2.C6H12O.C3H5NO.C2H6/c13-12(3-4-12)5-9-14-15-10(22-9)8-2-1-7-6-16(8)11(18)17(7)23-24(19,20)21;1-11(2,3)14(5,6)13-10-9-12(4)7-8-12;1-10(2,3)14(4,5)13-9-8-11(12)6-7-11;1-9(2,3)12(4,5)11-8-6-7-10;1-6(2-3-6)4-5(7)8;1-6(2-3-6)4-5-7;4-2-1-3-5;1-2/h7-8H,1-6,13H2,(H,19,20,21);7-10H2,1-6H3;6-9,12H2,1-5H3;6,8H2,1-5H3;2-4H2,1H3,(H,7,8);7H,2-5H2,1H3;5H,1,3H2;1-2H3/t7-,8+;;;;;;;/m1......./s1. The molecule has 7 aliphatic rings. The van der Waals surface area contributed by atoms with Gasteiger partial charge in [-0.15, -0.1) is 14.5 Å². The Hall–Kier alpha value is -2.90. The Morgan fingerprint density at radius 2 is 1.10 bits per heavy atom. The Bertz CT molecular complexity index is 2360. The number of aromatic nitrogens is 2. The number of urea groups is 1. The number of carbonyl (C=O) groups excluding carboxylic acids is 1. The molecule has 8 rings (SSSR count). The normalized spacial score (nSPS) is 21.1. The second-order valence-corrected chi connectivity index (χ2v) is 45.7. The summed E-state index contributed by atoms with van der Waals surface area (Å²) < 4.78 is 58.6. The second-order valence-electron chi connectivity index (χ2n) is 30.3. The van der Waals surface area contributed by atoms with Crippen LogP contribution in [0.4, 0.5) is 4.79 Å². The van der Waals surface area contributed by atoms with Crippen LogP contribution in [0.3, 0.4) is 0 Å². The second kappa shape index (κ2) is 33.4. The maximum absolute atomic E-state index is 12.3. The Labute approximate surface area is 523 Å². The summed E-state index contributed by atoms with van der Waals surface area (Å²) >= 11 is 0. The van der Waals surface area contributed by atoms with Crippen molar-refractivity contribution in [3.63, 3.8) is 0 Å². The minimum absolute atomic E-state index is 0.0174. The van der Waals surface area contributed by atoms with Gasteiger partial charge in [0.1, 0.15) is 6.04 Å². The summed E-state index contributed by atoms with van der Waals surface area (Å²) in [6.45, 7) is 47.6. The molecule has 21 nitrogen and oxygen atoms in total. The summed E-state index contributed by atoms with van der Waals surface area (Å²) in [5.41, 5.74) is 13.3. The van der Waals surface area contributed by atoms with Crippen molar-refractivity contribution < 1.29 is 59.9 Å². The summed E-state index contributed by atoms with van der Waals surface area (Å²) in [5, 5.41) is 50.2. The molecule has 0 spiro atoms. The number of amides is 2. The van der Waals surface area contributed by atoms with Crippen LogP contribution in [0.15, 0.2) is 4.42 Å². The van der Waals surface area contributed by atoms with E-state index in [4.69, 9.17) is 59.6 Å². The molecule has 7 fully saturated rings. The summed E-state index contributed by atoms with van der Waals surface area (Å²) in [5.74, 6) is 0.0737. The van der Waals surface area contributed by atoms with Gasteiger partial charge in [0.15, 0.2) is 25.0 Å². The van der Waals surface area contributed by atoms with Gasteiger partial charge in [-0.2, -0.15) is 24.0 Å². The van der Waals surface area contributed by atoms with E-state index in [-0.39, 0.29) is 41.1 Å². The molecule has 2 aliphatic heterocycles. The maximum Gasteiger partial charge on any atom is 0.418 e. The smallest absolute Gasteiger partial charge is 0.418 e. The predicted molar refractivity (Wildman–Crippen MR) is 346 cm³/mol. The molecule has 86 heavy (non-hydrogen) atoms. The first-order chi connectivity index (χ1) is 39.2. The predicted octanol–water partition coefficient (Wildman–Crippen LogP) is 13.1. The highest BCUT2D eigenvalue weighted by Crippen LogP contribution is 2.50. The van der Waals surface area contributed by atoms with E-state index in [1.807, 2.05) is 20.8 Å².